The fraction of sp³-hybridized carbons (Fsp3) is 0.312. The summed E-state index contributed by atoms with van der Waals surface area (Å²) in [5.74, 6) is 0.595. The van der Waals surface area contributed by atoms with Crippen LogP contribution in [0.3, 0.4) is 0 Å². The van der Waals surface area contributed by atoms with E-state index >= 15 is 0 Å². The van der Waals surface area contributed by atoms with Crippen molar-refractivity contribution in [2.45, 2.75) is 20.0 Å². The van der Waals surface area contributed by atoms with Crippen molar-refractivity contribution >= 4 is 5.91 Å². The highest BCUT2D eigenvalue weighted by Crippen LogP contribution is 2.17. The SMILES string of the molecule is C[C@@H](Cn1cncn1)C(=O)N(C)Cc1nnc(-c2ccccc2)o1. The molecule has 0 fully saturated rings. The van der Waals surface area contributed by atoms with Crippen LogP contribution in [0.4, 0.5) is 0 Å². The molecule has 124 valence electrons. The number of aromatic nitrogens is 5. The Kier molecular flexibility index (Phi) is 4.64. The highest BCUT2D eigenvalue weighted by atomic mass is 16.4. The molecule has 2 aromatic heterocycles. The van der Waals surface area contributed by atoms with Crippen molar-refractivity contribution in [3.05, 3.63) is 48.9 Å². The van der Waals surface area contributed by atoms with Crippen LogP contribution in [0, 0.1) is 5.92 Å². The van der Waals surface area contributed by atoms with Gasteiger partial charge in [-0.2, -0.15) is 5.10 Å². The lowest BCUT2D eigenvalue weighted by Gasteiger charge is -2.19. The van der Waals surface area contributed by atoms with E-state index in [9.17, 15) is 4.79 Å². The number of benzene rings is 1. The zero-order chi connectivity index (χ0) is 16.9. The van der Waals surface area contributed by atoms with Crippen LogP contribution in [0.2, 0.25) is 0 Å². The van der Waals surface area contributed by atoms with Crippen LogP contribution in [0.25, 0.3) is 11.5 Å². The molecule has 0 spiro atoms. The van der Waals surface area contributed by atoms with E-state index < -0.39 is 0 Å². The maximum absolute atomic E-state index is 12.4. The van der Waals surface area contributed by atoms with Gasteiger partial charge in [0.05, 0.1) is 19.0 Å². The molecule has 0 aliphatic rings. The maximum Gasteiger partial charge on any atom is 0.247 e. The lowest BCUT2D eigenvalue weighted by atomic mass is 10.1. The molecule has 1 atom stereocenters. The van der Waals surface area contributed by atoms with Crippen LogP contribution in [0.1, 0.15) is 12.8 Å². The van der Waals surface area contributed by atoms with Gasteiger partial charge in [-0.05, 0) is 12.1 Å². The summed E-state index contributed by atoms with van der Waals surface area (Å²) < 4.78 is 7.27. The Bertz CT molecular complexity index is 784. The number of hydrogen-bond acceptors (Lipinski definition) is 6. The van der Waals surface area contributed by atoms with Gasteiger partial charge in [-0.3, -0.25) is 9.48 Å². The van der Waals surface area contributed by atoms with Crippen molar-refractivity contribution in [3.63, 3.8) is 0 Å². The molecule has 3 rings (SSSR count). The van der Waals surface area contributed by atoms with E-state index in [1.54, 1.807) is 23.0 Å². The first kappa shape index (κ1) is 15.9. The second-order valence-corrected chi connectivity index (χ2v) is 5.58. The van der Waals surface area contributed by atoms with Crippen molar-refractivity contribution in [2.24, 2.45) is 5.92 Å². The van der Waals surface area contributed by atoms with Crippen LogP contribution in [0.15, 0.2) is 47.4 Å². The minimum atomic E-state index is -0.229. The molecule has 8 nitrogen and oxygen atoms in total. The molecule has 24 heavy (non-hydrogen) atoms. The van der Waals surface area contributed by atoms with Crippen molar-refractivity contribution in [1.82, 2.24) is 29.9 Å². The summed E-state index contributed by atoms with van der Waals surface area (Å²) in [6, 6.07) is 9.52. The summed E-state index contributed by atoms with van der Waals surface area (Å²) in [6.07, 6.45) is 3.04. The van der Waals surface area contributed by atoms with E-state index in [0.29, 0.717) is 18.3 Å². The average molecular weight is 326 g/mol. The highest BCUT2D eigenvalue weighted by Gasteiger charge is 2.20. The molecular weight excluding hydrogens is 308 g/mol. The standard InChI is InChI=1S/C16H18N6O2/c1-12(8-22-11-17-10-18-22)16(23)21(2)9-14-19-20-15(24-14)13-6-4-3-5-7-13/h3-7,10-12H,8-9H2,1-2H3/t12-/m0/s1. The van der Waals surface area contributed by atoms with Gasteiger partial charge >= 0.3 is 0 Å². The van der Waals surface area contributed by atoms with Crippen molar-refractivity contribution in [1.29, 1.82) is 0 Å². The predicted octanol–water partition coefficient (Wildman–Crippen LogP) is 1.62. The number of carbonyl (C=O) groups is 1. The van der Waals surface area contributed by atoms with Gasteiger partial charge in [0.25, 0.3) is 0 Å². The molecule has 0 aliphatic carbocycles. The van der Waals surface area contributed by atoms with Gasteiger partial charge in [0.15, 0.2) is 0 Å². The first-order valence-corrected chi connectivity index (χ1v) is 7.58. The highest BCUT2D eigenvalue weighted by molar-refractivity contribution is 5.78. The predicted molar refractivity (Wildman–Crippen MR) is 85.4 cm³/mol. The largest absolute Gasteiger partial charge is 0.419 e. The number of hydrogen-bond donors (Lipinski definition) is 0. The van der Waals surface area contributed by atoms with Crippen molar-refractivity contribution in [2.75, 3.05) is 7.05 Å². The third-order valence-electron chi connectivity index (χ3n) is 3.59. The topological polar surface area (TPSA) is 89.9 Å². The maximum atomic E-state index is 12.4. The Balaban J connectivity index is 1.61. The minimum Gasteiger partial charge on any atom is -0.419 e. The Morgan fingerprint density at radius 3 is 2.79 bits per heavy atom. The van der Waals surface area contributed by atoms with Gasteiger partial charge in [-0.25, -0.2) is 4.98 Å². The van der Waals surface area contributed by atoms with E-state index in [1.165, 1.54) is 6.33 Å². The molecule has 1 aromatic carbocycles. The summed E-state index contributed by atoms with van der Waals surface area (Å²) in [4.78, 5) is 17.9. The summed E-state index contributed by atoms with van der Waals surface area (Å²) >= 11 is 0. The molecule has 0 saturated heterocycles. The van der Waals surface area contributed by atoms with E-state index in [4.69, 9.17) is 4.42 Å². The summed E-state index contributed by atoms with van der Waals surface area (Å²) in [7, 11) is 1.71. The summed E-state index contributed by atoms with van der Waals surface area (Å²) in [6.45, 7) is 2.59. The van der Waals surface area contributed by atoms with E-state index in [-0.39, 0.29) is 18.4 Å². The van der Waals surface area contributed by atoms with E-state index in [2.05, 4.69) is 20.3 Å². The second kappa shape index (κ2) is 7.03. The average Bonchev–Trinajstić information content (AvgIpc) is 3.27. The first-order chi connectivity index (χ1) is 11.6. The Morgan fingerprint density at radius 1 is 1.29 bits per heavy atom. The molecule has 0 bridgehead atoms. The zero-order valence-corrected chi connectivity index (χ0v) is 13.5. The molecule has 0 aliphatic heterocycles. The fourth-order valence-corrected chi connectivity index (χ4v) is 2.36. The molecule has 1 amide bonds. The fourth-order valence-electron chi connectivity index (χ4n) is 2.36. The molecule has 8 heteroatoms. The van der Waals surface area contributed by atoms with Crippen molar-refractivity contribution in [3.8, 4) is 11.5 Å². The molecular formula is C16H18N6O2. The van der Waals surface area contributed by atoms with E-state index in [1.807, 2.05) is 37.3 Å². The third-order valence-corrected chi connectivity index (χ3v) is 3.59. The summed E-state index contributed by atoms with van der Waals surface area (Å²) in [5, 5.41) is 12.1. The van der Waals surface area contributed by atoms with Gasteiger partial charge in [0.2, 0.25) is 17.7 Å². The molecule has 0 unspecified atom stereocenters. The minimum absolute atomic E-state index is 0.0232. The van der Waals surface area contributed by atoms with Gasteiger partial charge in [0, 0.05) is 12.6 Å². The molecule has 2 heterocycles. The summed E-state index contributed by atoms with van der Waals surface area (Å²) in [5.41, 5.74) is 0.852. The molecule has 0 radical (unpaired) electrons. The number of nitrogens with zero attached hydrogens (tertiary/aromatic N) is 6. The van der Waals surface area contributed by atoms with Crippen LogP contribution in [-0.2, 0) is 17.9 Å². The number of amides is 1. The normalized spacial score (nSPS) is 12.1. The monoisotopic (exact) mass is 326 g/mol. The van der Waals surface area contributed by atoms with Crippen LogP contribution >= 0.6 is 0 Å². The van der Waals surface area contributed by atoms with Crippen LogP contribution in [-0.4, -0.2) is 42.8 Å². The molecule has 3 aromatic rings. The lowest BCUT2D eigenvalue weighted by Crippen LogP contribution is -2.33. The number of carbonyl (C=O) groups excluding carboxylic acids is 1. The first-order valence-electron chi connectivity index (χ1n) is 7.58. The van der Waals surface area contributed by atoms with Crippen LogP contribution in [0.5, 0.6) is 0 Å². The Labute approximate surface area is 139 Å². The Hall–Kier alpha value is -3.03. The Morgan fingerprint density at radius 2 is 2.08 bits per heavy atom. The number of rotatable bonds is 6. The lowest BCUT2D eigenvalue weighted by molar-refractivity contribution is -0.135. The molecule has 0 saturated carbocycles. The second-order valence-electron chi connectivity index (χ2n) is 5.58. The third kappa shape index (κ3) is 3.65. The van der Waals surface area contributed by atoms with Gasteiger partial charge in [-0.15, -0.1) is 10.2 Å². The quantitative estimate of drug-likeness (QED) is 0.684. The van der Waals surface area contributed by atoms with Gasteiger partial charge < -0.3 is 9.32 Å². The molecule has 0 N–H and O–H groups in total. The van der Waals surface area contributed by atoms with Crippen LogP contribution < -0.4 is 0 Å². The van der Waals surface area contributed by atoms with Crippen molar-refractivity contribution < 1.29 is 9.21 Å². The smallest absolute Gasteiger partial charge is 0.247 e. The van der Waals surface area contributed by atoms with E-state index in [0.717, 1.165) is 5.56 Å². The zero-order valence-electron chi connectivity index (χ0n) is 13.5. The van der Waals surface area contributed by atoms with Gasteiger partial charge in [-0.1, -0.05) is 25.1 Å². The van der Waals surface area contributed by atoms with Gasteiger partial charge in [0.1, 0.15) is 12.7 Å².